The molecular weight excluding hydrogens is 370 g/mol. The third-order valence-electron chi connectivity index (χ3n) is 3.66. The maximum atomic E-state index is 11.9. The number of nitrogens with one attached hydrogen (secondary N) is 3. The first-order valence-corrected chi connectivity index (χ1v) is 10.6. The summed E-state index contributed by atoms with van der Waals surface area (Å²) in [5.41, 5.74) is 1.85. The van der Waals surface area contributed by atoms with Crippen LogP contribution in [0.2, 0.25) is 0 Å². The zero-order valence-electron chi connectivity index (χ0n) is 15.5. The van der Waals surface area contributed by atoms with E-state index in [9.17, 15) is 8.42 Å². The van der Waals surface area contributed by atoms with Crippen molar-refractivity contribution < 1.29 is 8.42 Å². The van der Waals surface area contributed by atoms with Gasteiger partial charge in [-0.3, -0.25) is 0 Å². The molecule has 0 atom stereocenters. The Kier molecular flexibility index (Phi) is 7.13. The molecule has 0 aliphatic heterocycles. The van der Waals surface area contributed by atoms with Crippen LogP contribution in [0.5, 0.6) is 0 Å². The minimum atomic E-state index is -3.45. The summed E-state index contributed by atoms with van der Waals surface area (Å²) in [4.78, 5) is 10.4. The van der Waals surface area contributed by atoms with Crippen molar-refractivity contribution in [3.63, 3.8) is 0 Å². The topological polar surface area (TPSA) is 95.5 Å². The van der Waals surface area contributed by atoms with Crippen molar-refractivity contribution in [1.82, 2.24) is 20.3 Å². The van der Waals surface area contributed by atoms with Gasteiger partial charge in [0.25, 0.3) is 0 Å². The Bertz CT molecular complexity index is 875. The lowest BCUT2D eigenvalue weighted by molar-refractivity contribution is 0.588. The van der Waals surface area contributed by atoms with Crippen LogP contribution in [-0.4, -0.2) is 33.0 Å². The van der Waals surface area contributed by atoms with Crippen molar-refractivity contribution in [1.29, 1.82) is 0 Å². The Labute approximate surface area is 159 Å². The largest absolute Gasteiger partial charge is 0.357 e. The fourth-order valence-corrected chi connectivity index (χ4v) is 4.02. The molecule has 3 N–H and O–H groups in total. The minimum absolute atomic E-state index is 0.237. The van der Waals surface area contributed by atoms with Crippen LogP contribution in [0.4, 0.5) is 0 Å². The molecule has 0 fully saturated rings. The minimum Gasteiger partial charge on any atom is -0.357 e. The monoisotopic (exact) mass is 395 g/mol. The van der Waals surface area contributed by atoms with Crippen LogP contribution in [0.1, 0.15) is 28.1 Å². The summed E-state index contributed by atoms with van der Waals surface area (Å²) >= 11 is 1.67. The van der Waals surface area contributed by atoms with Gasteiger partial charge < -0.3 is 10.6 Å². The second kappa shape index (κ2) is 9.11. The molecule has 0 saturated heterocycles. The first-order chi connectivity index (χ1) is 12.4. The normalized spacial score (nSPS) is 12.2. The molecule has 26 heavy (non-hydrogen) atoms. The van der Waals surface area contributed by atoms with E-state index in [2.05, 4.69) is 25.3 Å². The van der Waals surface area contributed by atoms with Crippen molar-refractivity contribution >= 4 is 27.3 Å². The van der Waals surface area contributed by atoms with E-state index in [0.29, 0.717) is 19.0 Å². The lowest BCUT2D eigenvalue weighted by Crippen LogP contribution is -2.36. The van der Waals surface area contributed by atoms with Crippen molar-refractivity contribution in [3.8, 4) is 0 Å². The number of rotatable bonds is 7. The SMILES string of the molecule is CCNC(=NCc1cccc(S(=O)(=O)NC)c1)NCc1sc(C)nc1C. The molecule has 0 spiro atoms. The fourth-order valence-electron chi connectivity index (χ4n) is 2.34. The van der Waals surface area contributed by atoms with E-state index in [4.69, 9.17) is 0 Å². The van der Waals surface area contributed by atoms with Crippen LogP contribution < -0.4 is 15.4 Å². The van der Waals surface area contributed by atoms with Crippen LogP contribution >= 0.6 is 11.3 Å². The average Bonchev–Trinajstić information content (AvgIpc) is 2.95. The third-order valence-corrected chi connectivity index (χ3v) is 6.14. The summed E-state index contributed by atoms with van der Waals surface area (Å²) < 4.78 is 26.1. The van der Waals surface area contributed by atoms with Gasteiger partial charge in [-0.15, -0.1) is 11.3 Å². The molecule has 0 aliphatic carbocycles. The van der Waals surface area contributed by atoms with Crippen LogP contribution in [0.3, 0.4) is 0 Å². The predicted octanol–water partition coefficient (Wildman–Crippen LogP) is 1.92. The molecule has 0 radical (unpaired) electrons. The highest BCUT2D eigenvalue weighted by molar-refractivity contribution is 7.89. The first-order valence-electron chi connectivity index (χ1n) is 8.33. The Morgan fingerprint density at radius 2 is 2.04 bits per heavy atom. The molecular formula is C17H25N5O2S2. The summed E-state index contributed by atoms with van der Waals surface area (Å²) in [7, 11) is -2.05. The Hall–Kier alpha value is -1.97. The van der Waals surface area contributed by atoms with E-state index in [1.165, 1.54) is 11.9 Å². The van der Waals surface area contributed by atoms with Gasteiger partial charge in [0, 0.05) is 11.4 Å². The number of thiazole rings is 1. The zero-order valence-corrected chi connectivity index (χ0v) is 17.1. The van der Waals surface area contributed by atoms with Crippen LogP contribution in [0.15, 0.2) is 34.2 Å². The highest BCUT2D eigenvalue weighted by Crippen LogP contribution is 2.16. The molecule has 0 bridgehead atoms. The molecule has 142 valence electrons. The number of aliphatic imine (C=N–C) groups is 1. The number of sulfonamides is 1. The highest BCUT2D eigenvalue weighted by Gasteiger charge is 2.11. The molecule has 1 heterocycles. The summed E-state index contributed by atoms with van der Waals surface area (Å²) in [5, 5.41) is 7.54. The molecule has 2 aromatic rings. The number of aromatic nitrogens is 1. The van der Waals surface area contributed by atoms with E-state index < -0.39 is 10.0 Å². The number of aryl methyl sites for hydroxylation is 2. The molecule has 1 aromatic heterocycles. The molecule has 0 amide bonds. The quantitative estimate of drug-likeness (QED) is 0.492. The number of benzene rings is 1. The number of guanidine groups is 1. The van der Waals surface area contributed by atoms with Gasteiger partial charge in [0.15, 0.2) is 5.96 Å². The Morgan fingerprint density at radius 3 is 2.65 bits per heavy atom. The van der Waals surface area contributed by atoms with Crippen molar-refractivity contribution in [2.45, 2.75) is 38.8 Å². The lowest BCUT2D eigenvalue weighted by Gasteiger charge is -2.11. The smallest absolute Gasteiger partial charge is 0.240 e. The van der Waals surface area contributed by atoms with Gasteiger partial charge in [-0.05, 0) is 45.5 Å². The second-order valence-electron chi connectivity index (χ2n) is 5.65. The summed E-state index contributed by atoms with van der Waals surface area (Å²) in [6, 6.07) is 6.78. The number of hydrogen-bond donors (Lipinski definition) is 3. The molecule has 0 aliphatic rings. The van der Waals surface area contributed by atoms with Crippen LogP contribution in [0.25, 0.3) is 0 Å². The summed E-state index contributed by atoms with van der Waals surface area (Å²) in [5.74, 6) is 0.680. The molecule has 1 aromatic carbocycles. The first kappa shape index (κ1) is 20.3. The number of nitrogens with zero attached hydrogens (tertiary/aromatic N) is 2. The maximum Gasteiger partial charge on any atom is 0.240 e. The van der Waals surface area contributed by atoms with E-state index in [1.54, 1.807) is 29.5 Å². The maximum absolute atomic E-state index is 11.9. The fraction of sp³-hybridized carbons (Fsp3) is 0.412. The summed E-state index contributed by atoms with van der Waals surface area (Å²) in [6.07, 6.45) is 0. The molecule has 0 saturated carbocycles. The van der Waals surface area contributed by atoms with Crippen LogP contribution in [0, 0.1) is 13.8 Å². The molecule has 2 rings (SSSR count). The van der Waals surface area contributed by atoms with Crippen molar-refractivity contribution in [2.24, 2.45) is 4.99 Å². The van der Waals surface area contributed by atoms with Gasteiger partial charge in [-0.2, -0.15) is 0 Å². The van der Waals surface area contributed by atoms with E-state index in [-0.39, 0.29) is 4.90 Å². The Balaban J connectivity index is 2.09. The van der Waals surface area contributed by atoms with Gasteiger partial charge in [0.2, 0.25) is 10.0 Å². The van der Waals surface area contributed by atoms with Crippen LogP contribution in [-0.2, 0) is 23.1 Å². The standard InChI is InChI=1S/C17H25N5O2S2/c1-5-19-17(21-11-16-12(2)22-13(3)25-16)20-10-14-7-6-8-15(9-14)26(23,24)18-4/h6-9,18H,5,10-11H2,1-4H3,(H2,19,20,21). The average molecular weight is 396 g/mol. The van der Waals surface area contributed by atoms with E-state index in [1.807, 2.05) is 26.8 Å². The highest BCUT2D eigenvalue weighted by atomic mass is 32.2. The Morgan fingerprint density at radius 1 is 1.27 bits per heavy atom. The van der Waals surface area contributed by atoms with Gasteiger partial charge in [-0.25, -0.2) is 23.1 Å². The molecule has 7 nitrogen and oxygen atoms in total. The lowest BCUT2D eigenvalue weighted by atomic mass is 10.2. The zero-order chi connectivity index (χ0) is 19.2. The number of hydrogen-bond acceptors (Lipinski definition) is 5. The van der Waals surface area contributed by atoms with Gasteiger partial charge in [-0.1, -0.05) is 12.1 Å². The van der Waals surface area contributed by atoms with Gasteiger partial charge >= 0.3 is 0 Å². The van der Waals surface area contributed by atoms with Gasteiger partial charge in [0.1, 0.15) is 0 Å². The van der Waals surface area contributed by atoms with E-state index >= 15 is 0 Å². The van der Waals surface area contributed by atoms with Crippen molar-refractivity contribution in [2.75, 3.05) is 13.6 Å². The molecule has 0 unspecified atom stereocenters. The predicted molar refractivity (Wildman–Crippen MR) is 106 cm³/mol. The molecule has 9 heteroatoms. The van der Waals surface area contributed by atoms with Gasteiger partial charge in [0.05, 0.1) is 28.7 Å². The third kappa shape index (κ3) is 5.52. The summed E-state index contributed by atoms with van der Waals surface area (Å²) in [6.45, 7) is 7.76. The van der Waals surface area contributed by atoms with Crippen molar-refractivity contribution in [3.05, 3.63) is 45.4 Å². The second-order valence-corrected chi connectivity index (χ2v) is 8.82. The van der Waals surface area contributed by atoms with E-state index in [0.717, 1.165) is 22.8 Å².